The molecule has 0 saturated carbocycles. The Kier molecular flexibility index (Phi) is 5.49. The van der Waals surface area contributed by atoms with Gasteiger partial charge in [0.25, 0.3) is 0 Å². The lowest BCUT2D eigenvalue weighted by molar-refractivity contribution is 0.0222. The number of hydrogen-bond acceptors (Lipinski definition) is 6. The minimum Gasteiger partial charge on any atom is -0.379 e. The molecular formula is C12H24BrN3O3Si. The highest BCUT2D eigenvalue weighted by Crippen LogP contribution is 2.29. The van der Waals surface area contributed by atoms with Crippen LogP contribution in [-0.2, 0) is 14.2 Å². The van der Waals surface area contributed by atoms with E-state index in [1.165, 1.54) is 0 Å². The molecule has 0 aliphatic carbocycles. The van der Waals surface area contributed by atoms with Gasteiger partial charge in [0, 0.05) is 39.3 Å². The fourth-order valence-electron chi connectivity index (χ4n) is 3.14. The first-order valence-electron chi connectivity index (χ1n) is 7.49. The van der Waals surface area contributed by atoms with E-state index in [0.29, 0.717) is 0 Å². The highest BCUT2D eigenvalue weighted by atomic mass is 79.9. The first kappa shape index (κ1) is 15.4. The van der Waals surface area contributed by atoms with E-state index in [0.717, 1.165) is 78.9 Å². The van der Waals surface area contributed by atoms with Crippen LogP contribution in [0.2, 0.25) is 0 Å². The van der Waals surface area contributed by atoms with Crippen LogP contribution >= 0.6 is 15.3 Å². The molecule has 0 aromatic rings. The van der Waals surface area contributed by atoms with Crippen molar-refractivity contribution in [3.05, 3.63) is 0 Å². The van der Waals surface area contributed by atoms with Gasteiger partial charge in [-0.05, 0) is 0 Å². The Balaban J connectivity index is 1.79. The predicted molar refractivity (Wildman–Crippen MR) is 81.9 cm³/mol. The molecule has 8 heteroatoms. The Morgan fingerprint density at radius 2 is 0.800 bits per heavy atom. The van der Waals surface area contributed by atoms with E-state index in [2.05, 4.69) is 29.0 Å². The first-order valence-corrected chi connectivity index (χ1v) is 11.6. The van der Waals surface area contributed by atoms with Gasteiger partial charge in [0.1, 0.15) is 0 Å². The van der Waals surface area contributed by atoms with Gasteiger partial charge >= 0.3 is 7.18 Å². The highest BCUT2D eigenvalue weighted by molar-refractivity contribution is 9.25. The summed E-state index contributed by atoms with van der Waals surface area (Å²) in [6.45, 7) is 11.2. The van der Waals surface area contributed by atoms with Crippen molar-refractivity contribution in [2.45, 2.75) is 0 Å². The molecule has 0 spiro atoms. The lowest BCUT2D eigenvalue weighted by atomic mass is 10.5. The fourth-order valence-corrected chi connectivity index (χ4v) is 9.79. The molecule has 116 valence electrons. The monoisotopic (exact) mass is 365 g/mol. The minimum atomic E-state index is -1.97. The molecule has 0 N–H and O–H groups in total. The van der Waals surface area contributed by atoms with E-state index in [9.17, 15) is 0 Å². The first-order chi connectivity index (χ1) is 9.82. The summed E-state index contributed by atoms with van der Waals surface area (Å²) in [5.74, 6) is 0. The normalized spacial score (nSPS) is 28.6. The summed E-state index contributed by atoms with van der Waals surface area (Å²) in [7, 11) is -1.97. The van der Waals surface area contributed by atoms with Gasteiger partial charge in [-0.25, -0.2) is 0 Å². The summed E-state index contributed by atoms with van der Waals surface area (Å²) in [5.41, 5.74) is 0. The van der Waals surface area contributed by atoms with E-state index in [1.54, 1.807) is 0 Å². The molecule has 0 bridgehead atoms. The van der Waals surface area contributed by atoms with Crippen molar-refractivity contribution >= 4 is 22.5 Å². The Morgan fingerprint density at radius 3 is 1.05 bits per heavy atom. The zero-order chi connectivity index (χ0) is 13.8. The van der Waals surface area contributed by atoms with E-state index >= 15 is 0 Å². The van der Waals surface area contributed by atoms with E-state index in [-0.39, 0.29) is 0 Å². The van der Waals surface area contributed by atoms with Crippen LogP contribution in [-0.4, -0.2) is 99.8 Å². The summed E-state index contributed by atoms with van der Waals surface area (Å²) in [4.78, 5) is 0. The van der Waals surface area contributed by atoms with Crippen LogP contribution in [0.25, 0.3) is 0 Å². The number of hydrogen-bond donors (Lipinski definition) is 0. The van der Waals surface area contributed by atoms with Crippen molar-refractivity contribution in [1.82, 2.24) is 13.7 Å². The zero-order valence-corrected chi connectivity index (χ0v) is 14.5. The summed E-state index contributed by atoms with van der Waals surface area (Å²) >= 11 is 4.22. The highest BCUT2D eigenvalue weighted by Gasteiger charge is 2.50. The van der Waals surface area contributed by atoms with Gasteiger partial charge in [-0.2, -0.15) is 0 Å². The average Bonchev–Trinajstić information content (AvgIpc) is 2.56. The summed E-state index contributed by atoms with van der Waals surface area (Å²) in [6, 6.07) is 0. The fraction of sp³-hybridized carbons (Fsp3) is 1.00. The SMILES string of the molecule is Br[Si](N1CCOCC1)(N1CCOCC1)N1CCOCC1. The second-order valence-electron chi connectivity index (χ2n) is 5.35. The molecule has 3 fully saturated rings. The molecule has 0 unspecified atom stereocenters. The van der Waals surface area contributed by atoms with Gasteiger partial charge < -0.3 is 14.2 Å². The maximum atomic E-state index is 5.54. The molecule has 0 amide bonds. The second-order valence-corrected chi connectivity index (χ2v) is 11.5. The molecule has 3 heterocycles. The molecule has 3 saturated heterocycles. The number of rotatable bonds is 3. The molecule has 0 aromatic heterocycles. The molecule has 3 aliphatic heterocycles. The second kappa shape index (κ2) is 7.15. The van der Waals surface area contributed by atoms with Crippen LogP contribution in [0.1, 0.15) is 0 Å². The third kappa shape index (κ3) is 3.12. The molecule has 6 nitrogen and oxygen atoms in total. The van der Waals surface area contributed by atoms with Gasteiger partial charge in [0.15, 0.2) is 0 Å². The molecule has 0 radical (unpaired) electrons. The third-order valence-electron chi connectivity index (χ3n) is 4.24. The van der Waals surface area contributed by atoms with Crippen LogP contribution in [0.3, 0.4) is 0 Å². The molecular weight excluding hydrogens is 342 g/mol. The Labute approximate surface area is 129 Å². The molecule has 20 heavy (non-hydrogen) atoms. The number of nitrogens with zero attached hydrogens (tertiary/aromatic N) is 3. The Morgan fingerprint density at radius 1 is 0.550 bits per heavy atom. The molecule has 0 aromatic carbocycles. The van der Waals surface area contributed by atoms with Crippen molar-refractivity contribution in [3.8, 4) is 0 Å². The average molecular weight is 366 g/mol. The van der Waals surface area contributed by atoms with E-state index < -0.39 is 7.18 Å². The zero-order valence-electron chi connectivity index (χ0n) is 11.9. The predicted octanol–water partition coefficient (Wildman–Crippen LogP) is -0.186. The van der Waals surface area contributed by atoms with Crippen LogP contribution in [0.15, 0.2) is 0 Å². The van der Waals surface area contributed by atoms with Crippen LogP contribution in [0, 0.1) is 0 Å². The van der Waals surface area contributed by atoms with Gasteiger partial charge in [-0.3, -0.25) is 13.7 Å². The van der Waals surface area contributed by atoms with E-state index in [1.807, 2.05) is 0 Å². The topological polar surface area (TPSA) is 37.4 Å². The van der Waals surface area contributed by atoms with Crippen molar-refractivity contribution in [1.29, 1.82) is 0 Å². The minimum absolute atomic E-state index is 0.842. The van der Waals surface area contributed by atoms with Crippen molar-refractivity contribution < 1.29 is 14.2 Å². The lowest BCUT2D eigenvalue weighted by Crippen LogP contribution is -2.75. The van der Waals surface area contributed by atoms with E-state index in [4.69, 9.17) is 14.2 Å². The van der Waals surface area contributed by atoms with Gasteiger partial charge in [-0.15, -0.1) is 0 Å². The number of halogens is 1. The van der Waals surface area contributed by atoms with Crippen LogP contribution in [0.5, 0.6) is 0 Å². The van der Waals surface area contributed by atoms with Crippen molar-refractivity contribution in [2.24, 2.45) is 0 Å². The molecule has 3 rings (SSSR count). The maximum absolute atomic E-state index is 5.54. The van der Waals surface area contributed by atoms with Crippen LogP contribution in [0.4, 0.5) is 0 Å². The third-order valence-corrected chi connectivity index (χ3v) is 12.5. The Hall–Kier alpha value is 0.457. The maximum Gasteiger partial charge on any atom is 0.365 e. The molecule has 0 atom stereocenters. The summed E-state index contributed by atoms with van der Waals surface area (Å²) < 4.78 is 24.5. The molecule has 3 aliphatic rings. The Bertz CT molecular complexity index is 263. The lowest BCUT2D eigenvalue weighted by Gasteiger charge is -2.52. The quantitative estimate of drug-likeness (QED) is 0.509. The number of ether oxygens (including phenoxy) is 3. The van der Waals surface area contributed by atoms with Crippen LogP contribution < -0.4 is 0 Å². The van der Waals surface area contributed by atoms with Crippen molar-refractivity contribution in [3.63, 3.8) is 0 Å². The van der Waals surface area contributed by atoms with Gasteiger partial charge in [0.2, 0.25) is 0 Å². The smallest absolute Gasteiger partial charge is 0.365 e. The largest absolute Gasteiger partial charge is 0.379 e. The number of morpholine rings is 3. The van der Waals surface area contributed by atoms with Gasteiger partial charge in [-0.1, -0.05) is 15.3 Å². The van der Waals surface area contributed by atoms with Crippen molar-refractivity contribution in [2.75, 3.05) is 78.9 Å². The summed E-state index contributed by atoms with van der Waals surface area (Å²) in [6.07, 6.45) is 0. The van der Waals surface area contributed by atoms with Gasteiger partial charge in [0.05, 0.1) is 39.6 Å². The standard InChI is InChI=1S/C12H24BrN3O3Si/c13-20(14-1-7-17-8-2-14,15-3-9-18-10-4-15)16-5-11-19-12-6-16/h1-12H2. The summed E-state index contributed by atoms with van der Waals surface area (Å²) in [5, 5.41) is 0.